The Morgan fingerprint density at radius 3 is 2.42 bits per heavy atom. The van der Waals surface area contributed by atoms with Gasteiger partial charge in [-0.3, -0.25) is 4.79 Å². The van der Waals surface area contributed by atoms with Crippen molar-refractivity contribution in [2.24, 2.45) is 5.73 Å². The third kappa shape index (κ3) is 3.71. The molecule has 2 aliphatic rings. The van der Waals surface area contributed by atoms with Crippen LogP contribution in [-0.2, 0) is 43.5 Å². The third-order valence-corrected chi connectivity index (χ3v) is 5.70. The summed E-state index contributed by atoms with van der Waals surface area (Å²) < 4.78 is 20.5. The molecule has 0 aromatic heterocycles. The van der Waals surface area contributed by atoms with Crippen LogP contribution in [0.2, 0.25) is 0 Å². The zero-order valence-corrected chi connectivity index (χ0v) is 18.9. The highest BCUT2D eigenvalue weighted by atomic mass is 16.6. The molecule has 1 atom stereocenters. The number of nitrogens with two attached hydrogens (primary N) is 1. The number of carbonyl (C=O) groups is 4. The van der Waals surface area contributed by atoms with E-state index in [-0.39, 0.29) is 34.9 Å². The van der Waals surface area contributed by atoms with E-state index in [1.54, 1.807) is 31.3 Å². The molecule has 0 bridgehead atoms. The Morgan fingerprint density at radius 1 is 1.09 bits per heavy atom. The summed E-state index contributed by atoms with van der Waals surface area (Å²) in [7, 11) is 3.90. The summed E-state index contributed by atoms with van der Waals surface area (Å²) in [5.74, 6) is -3.91. The van der Waals surface area contributed by atoms with Crippen molar-refractivity contribution in [2.45, 2.75) is 31.6 Å². The second kappa shape index (κ2) is 9.35. The van der Waals surface area contributed by atoms with Gasteiger partial charge in [0.05, 0.1) is 20.8 Å². The van der Waals surface area contributed by atoms with Gasteiger partial charge in [-0.15, -0.1) is 0 Å². The molecular weight excluding hydrogens is 432 g/mol. The van der Waals surface area contributed by atoms with Gasteiger partial charge in [0.15, 0.2) is 5.41 Å². The van der Waals surface area contributed by atoms with Crippen molar-refractivity contribution in [3.8, 4) is 0 Å². The van der Waals surface area contributed by atoms with Crippen LogP contribution in [0.4, 0.5) is 5.69 Å². The highest BCUT2D eigenvalue weighted by molar-refractivity contribution is 6.16. The maximum Gasteiger partial charge on any atom is 0.339 e. The quantitative estimate of drug-likeness (QED) is 0.363. The molecule has 0 aliphatic carbocycles. The molecule has 0 saturated carbocycles. The zero-order valence-electron chi connectivity index (χ0n) is 18.9. The van der Waals surface area contributed by atoms with Gasteiger partial charge in [-0.1, -0.05) is 31.5 Å². The summed E-state index contributed by atoms with van der Waals surface area (Å²) in [5.41, 5.74) is 4.45. The van der Waals surface area contributed by atoms with E-state index in [0.717, 1.165) is 20.6 Å². The number of benzene rings is 1. The van der Waals surface area contributed by atoms with Gasteiger partial charge in [0.2, 0.25) is 0 Å². The molecule has 0 radical (unpaired) electrons. The number of fused-ring (bicyclic) bond motifs is 2. The third-order valence-electron chi connectivity index (χ3n) is 5.70. The average Bonchev–Trinajstić information content (AvgIpc) is 3.08. The number of rotatable bonds is 7. The van der Waals surface area contributed by atoms with Gasteiger partial charge in [-0.25, -0.2) is 14.4 Å². The molecule has 1 aromatic rings. The maximum absolute atomic E-state index is 13.6. The minimum absolute atomic E-state index is 0.0899. The van der Waals surface area contributed by atoms with Crippen molar-refractivity contribution in [2.75, 3.05) is 32.8 Å². The summed E-state index contributed by atoms with van der Waals surface area (Å²) in [6.45, 7) is 2.02. The Labute approximate surface area is 190 Å². The largest absolute Gasteiger partial charge is 0.469 e. The molecule has 10 nitrogen and oxygen atoms in total. The van der Waals surface area contributed by atoms with Crippen molar-refractivity contribution in [1.29, 1.82) is 0 Å². The second-order valence-electron chi connectivity index (χ2n) is 7.51. The fourth-order valence-corrected chi connectivity index (χ4v) is 4.07. The SMILES string of the molecule is CCCCOC(=O)C1=C(N)N(C)c2ccccc2[C@]12C(=O)OC(CC(=O)OC)=C2C(=O)OC. The number of hydrogen-bond acceptors (Lipinski definition) is 10. The Morgan fingerprint density at radius 2 is 1.79 bits per heavy atom. The zero-order chi connectivity index (χ0) is 24.3. The van der Waals surface area contributed by atoms with E-state index in [1.807, 2.05) is 6.92 Å². The topological polar surface area (TPSA) is 134 Å². The number of esters is 4. The van der Waals surface area contributed by atoms with E-state index in [2.05, 4.69) is 4.74 Å². The van der Waals surface area contributed by atoms with Crippen LogP contribution in [0, 0.1) is 0 Å². The van der Waals surface area contributed by atoms with Crippen molar-refractivity contribution < 1.29 is 38.1 Å². The fraction of sp³-hybridized carbons (Fsp3) is 0.391. The number of hydrogen-bond donors (Lipinski definition) is 1. The first-order chi connectivity index (χ1) is 15.7. The van der Waals surface area contributed by atoms with Gasteiger partial charge < -0.3 is 29.6 Å². The van der Waals surface area contributed by atoms with E-state index < -0.39 is 35.7 Å². The number of carbonyl (C=O) groups excluding carboxylic acids is 4. The average molecular weight is 458 g/mol. The smallest absolute Gasteiger partial charge is 0.339 e. The molecular formula is C23H26N2O8. The van der Waals surface area contributed by atoms with E-state index in [4.69, 9.17) is 19.9 Å². The standard InChI is InChI=1S/C23H26N2O8/c1-5-6-11-32-21(28)18-19(24)25(2)14-10-8-7-9-13(14)23(18)17(20(27)31-4)15(33-22(23)29)12-16(26)30-3/h7-10H,5-6,11-12,24H2,1-4H3/t23-/m1/s1. The number of unbranched alkanes of at least 4 members (excludes halogenated alkanes) is 1. The fourth-order valence-electron chi connectivity index (χ4n) is 4.07. The summed E-state index contributed by atoms with van der Waals surface area (Å²) >= 11 is 0. The van der Waals surface area contributed by atoms with E-state index >= 15 is 0 Å². The van der Waals surface area contributed by atoms with Crippen LogP contribution in [-0.4, -0.2) is 51.8 Å². The number of ether oxygens (including phenoxy) is 4. The lowest BCUT2D eigenvalue weighted by Gasteiger charge is -2.39. The summed E-state index contributed by atoms with van der Waals surface area (Å²) in [6, 6.07) is 6.64. The molecule has 33 heavy (non-hydrogen) atoms. The predicted molar refractivity (Wildman–Crippen MR) is 115 cm³/mol. The van der Waals surface area contributed by atoms with E-state index in [1.165, 1.54) is 4.90 Å². The van der Waals surface area contributed by atoms with Gasteiger partial charge in [0.25, 0.3) is 0 Å². The molecule has 0 saturated heterocycles. The van der Waals surface area contributed by atoms with Crippen LogP contribution >= 0.6 is 0 Å². The van der Waals surface area contributed by atoms with Crippen LogP contribution in [0.1, 0.15) is 31.7 Å². The molecule has 3 rings (SSSR count). The molecule has 1 aromatic carbocycles. The van der Waals surface area contributed by atoms with Gasteiger partial charge in [0, 0.05) is 18.3 Å². The van der Waals surface area contributed by atoms with E-state index in [9.17, 15) is 19.2 Å². The molecule has 0 amide bonds. The highest BCUT2D eigenvalue weighted by Gasteiger charge is 2.64. The Hall–Kier alpha value is -3.82. The molecule has 2 aliphatic heterocycles. The van der Waals surface area contributed by atoms with Crippen LogP contribution in [0.5, 0.6) is 0 Å². The molecule has 10 heteroatoms. The molecule has 2 heterocycles. The highest BCUT2D eigenvalue weighted by Crippen LogP contribution is 2.54. The Kier molecular flexibility index (Phi) is 6.75. The molecule has 1 spiro atoms. The predicted octanol–water partition coefficient (Wildman–Crippen LogP) is 1.43. The van der Waals surface area contributed by atoms with Crippen LogP contribution < -0.4 is 10.6 Å². The van der Waals surface area contributed by atoms with Crippen molar-refractivity contribution in [3.05, 3.63) is 52.6 Å². The van der Waals surface area contributed by atoms with Gasteiger partial charge in [-0.2, -0.15) is 0 Å². The van der Waals surface area contributed by atoms with Crippen molar-refractivity contribution in [1.82, 2.24) is 0 Å². The molecule has 0 unspecified atom stereocenters. The lowest BCUT2D eigenvalue weighted by molar-refractivity contribution is -0.148. The van der Waals surface area contributed by atoms with Gasteiger partial charge >= 0.3 is 23.9 Å². The first-order valence-corrected chi connectivity index (χ1v) is 10.4. The first-order valence-electron chi connectivity index (χ1n) is 10.4. The minimum Gasteiger partial charge on any atom is -0.469 e. The van der Waals surface area contributed by atoms with Crippen LogP contribution in [0.15, 0.2) is 47.0 Å². The number of nitrogens with zero attached hydrogens (tertiary/aromatic N) is 1. The lowest BCUT2D eigenvalue weighted by Crippen LogP contribution is -2.50. The normalized spacial score (nSPS) is 19.4. The maximum atomic E-state index is 13.6. The number of para-hydroxylation sites is 1. The minimum atomic E-state index is -2.08. The summed E-state index contributed by atoms with van der Waals surface area (Å²) in [6.07, 6.45) is 0.842. The van der Waals surface area contributed by atoms with Gasteiger partial charge in [-0.05, 0) is 12.5 Å². The monoisotopic (exact) mass is 458 g/mol. The van der Waals surface area contributed by atoms with Crippen LogP contribution in [0.3, 0.4) is 0 Å². The van der Waals surface area contributed by atoms with Crippen molar-refractivity contribution >= 4 is 29.6 Å². The summed E-state index contributed by atoms with van der Waals surface area (Å²) in [5, 5.41) is 0. The second-order valence-corrected chi connectivity index (χ2v) is 7.51. The summed E-state index contributed by atoms with van der Waals surface area (Å²) in [4.78, 5) is 53.5. The number of anilines is 1. The molecule has 2 N–H and O–H groups in total. The molecule has 176 valence electrons. The van der Waals surface area contributed by atoms with Crippen LogP contribution in [0.25, 0.3) is 0 Å². The Bertz CT molecular complexity index is 1070. The number of cyclic esters (lactones) is 1. The van der Waals surface area contributed by atoms with Crippen molar-refractivity contribution in [3.63, 3.8) is 0 Å². The Balaban J connectivity index is 2.37. The number of methoxy groups -OCH3 is 2. The lowest BCUT2D eigenvalue weighted by atomic mass is 9.66. The first kappa shape index (κ1) is 23.8. The molecule has 0 fully saturated rings. The van der Waals surface area contributed by atoms with E-state index in [0.29, 0.717) is 12.1 Å². The van der Waals surface area contributed by atoms with Gasteiger partial charge in [0.1, 0.15) is 29.1 Å².